The summed E-state index contributed by atoms with van der Waals surface area (Å²) in [7, 11) is 0. The highest BCUT2D eigenvalue weighted by atomic mass is 35.5. The second-order valence-electron chi connectivity index (χ2n) is 3.19. The molecule has 0 aromatic rings. The minimum atomic E-state index is 0.233. The number of rotatable bonds is 1. The molecule has 0 spiro atoms. The van der Waals surface area contributed by atoms with E-state index in [9.17, 15) is 4.79 Å². The summed E-state index contributed by atoms with van der Waals surface area (Å²) in [6, 6.07) is 0. The molecule has 13 heavy (non-hydrogen) atoms. The number of carbonyl (C=O) groups is 1. The van der Waals surface area contributed by atoms with Gasteiger partial charge in [-0.05, 0) is 6.92 Å². The number of thioether (sulfide) groups is 1. The minimum Gasteiger partial charge on any atom is -0.297 e. The van der Waals surface area contributed by atoms with Gasteiger partial charge in [-0.3, -0.25) is 4.79 Å². The highest BCUT2D eigenvalue weighted by molar-refractivity contribution is 8.05. The first kappa shape index (κ1) is 9.10. The lowest BCUT2D eigenvalue weighted by atomic mass is 9.92. The second-order valence-corrected chi connectivity index (χ2v) is 4.81. The van der Waals surface area contributed by atoms with Crippen LogP contribution in [0.1, 0.15) is 6.92 Å². The van der Waals surface area contributed by atoms with Gasteiger partial charge < -0.3 is 0 Å². The van der Waals surface area contributed by atoms with Gasteiger partial charge in [-0.2, -0.15) is 0 Å². The van der Waals surface area contributed by atoms with E-state index in [0.29, 0.717) is 15.2 Å². The van der Waals surface area contributed by atoms with Gasteiger partial charge in [0.25, 0.3) is 0 Å². The van der Waals surface area contributed by atoms with Gasteiger partial charge in [0.1, 0.15) is 0 Å². The molecule has 0 radical (unpaired) electrons. The average molecular weight is 213 g/mol. The molecule has 0 saturated heterocycles. The summed E-state index contributed by atoms with van der Waals surface area (Å²) in [6.45, 7) is 2.05. The van der Waals surface area contributed by atoms with E-state index < -0.39 is 0 Å². The summed E-state index contributed by atoms with van der Waals surface area (Å²) >= 11 is 7.66. The molecule has 0 amide bonds. The Hall–Kier alpha value is -0.470. The van der Waals surface area contributed by atoms with Gasteiger partial charge in [0.2, 0.25) is 0 Å². The number of halogens is 1. The zero-order valence-electron chi connectivity index (χ0n) is 7.16. The normalized spacial score (nSPS) is 31.7. The monoisotopic (exact) mass is 212 g/mol. The van der Waals surface area contributed by atoms with Crippen molar-refractivity contribution in [3.8, 4) is 0 Å². The van der Waals surface area contributed by atoms with Crippen molar-refractivity contribution in [2.24, 2.45) is 5.92 Å². The Kier molecular flexibility index (Phi) is 2.35. The van der Waals surface area contributed by atoms with Crippen LogP contribution in [0.4, 0.5) is 0 Å². The quantitative estimate of drug-likeness (QED) is 0.622. The number of aldehydes is 1. The fourth-order valence-corrected chi connectivity index (χ4v) is 3.49. The van der Waals surface area contributed by atoms with Crippen molar-refractivity contribution in [2.75, 3.05) is 0 Å². The van der Waals surface area contributed by atoms with Gasteiger partial charge in [-0.15, -0.1) is 11.8 Å². The molecule has 0 aromatic heterocycles. The standard InChI is InChI=1S/C10H9ClOS/c1-6-3-2-4-7-9(6)10(11)8(5-12)13-7/h2-5,7,9H,1H3/t7-,9+/m0/s1. The SMILES string of the molecule is CC1=CC=C[C@@H]2SC(C=O)=C(Cl)[C@H]12. The number of hydrogen-bond acceptors (Lipinski definition) is 2. The molecule has 68 valence electrons. The van der Waals surface area contributed by atoms with Crippen LogP contribution >= 0.6 is 23.4 Å². The van der Waals surface area contributed by atoms with E-state index in [2.05, 4.69) is 19.1 Å². The Labute approximate surface area is 86.5 Å². The first-order chi connectivity index (χ1) is 6.24. The summed E-state index contributed by atoms with van der Waals surface area (Å²) in [5.74, 6) is 0.233. The Morgan fingerprint density at radius 1 is 1.62 bits per heavy atom. The van der Waals surface area contributed by atoms with E-state index in [1.807, 2.05) is 6.08 Å². The molecule has 2 rings (SSSR count). The minimum absolute atomic E-state index is 0.233. The van der Waals surface area contributed by atoms with Crippen LogP contribution in [-0.4, -0.2) is 11.5 Å². The Bertz CT molecular complexity index is 341. The number of carbonyl (C=O) groups excluding carboxylic acids is 1. The second kappa shape index (κ2) is 3.35. The molecule has 1 heterocycles. The predicted molar refractivity (Wildman–Crippen MR) is 56.7 cm³/mol. The Balaban J connectivity index is 2.39. The van der Waals surface area contributed by atoms with Crippen LogP contribution in [0.2, 0.25) is 0 Å². The lowest BCUT2D eigenvalue weighted by Crippen LogP contribution is -2.14. The van der Waals surface area contributed by atoms with Crippen molar-refractivity contribution < 1.29 is 4.79 Å². The highest BCUT2D eigenvalue weighted by Crippen LogP contribution is 2.48. The molecular formula is C10H9ClOS. The van der Waals surface area contributed by atoms with Crippen LogP contribution in [0, 0.1) is 5.92 Å². The fraction of sp³-hybridized carbons (Fsp3) is 0.300. The lowest BCUT2D eigenvalue weighted by Gasteiger charge is -2.20. The van der Waals surface area contributed by atoms with Crippen molar-refractivity contribution in [1.82, 2.24) is 0 Å². The first-order valence-corrected chi connectivity index (χ1v) is 5.36. The molecular weight excluding hydrogens is 204 g/mol. The van der Waals surface area contributed by atoms with E-state index >= 15 is 0 Å². The number of hydrogen-bond donors (Lipinski definition) is 0. The largest absolute Gasteiger partial charge is 0.297 e. The van der Waals surface area contributed by atoms with Crippen LogP contribution in [0.25, 0.3) is 0 Å². The first-order valence-electron chi connectivity index (χ1n) is 4.10. The zero-order valence-corrected chi connectivity index (χ0v) is 8.73. The smallest absolute Gasteiger partial charge is 0.157 e. The van der Waals surface area contributed by atoms with Gasteiger partial charge in [0.15, 0.2) is 6.29 Å². The fourth-order valence-electron chi connectivity index (χ4n) is 1.68. The van der Waals surface area contributed by atoms with Gasteiger partial charge in [0.05, 0.1) is 4.91 Å². The molecule has 0 bridgehead atoms. The predicted octanol–water partition coefficient (Wildman–Crippen LogP) is 2.88. The lowest BCUT2D eigenvalue weighted by molar-refractivity contribution is -0.104. The van der Waals surface area contributed by atoms with Crippen molar-refractivity contribution in [1.29, 1.82) is 0 Å². The Morgan fingerprint density at radius 2 is 2.38 bits per heavy atom. The maximum absolute atomic E-state index is 10.7. The van der Waals surface area contributed by atoms with Gasteiger partial charge >= 0.3 is 0 Å². The van der Waals surface area contributed by atoms with Gasteiger partial charge in [-0.1, -0.05) is 35.4 Å². The Morgan fingerprint density at radius 3 is 3.00 bits per heavy atom. The maximum Gasteiger partial charge on any atom is 0.157 e. The zero-order chi connectivity index (χ0) is 9.42. The average Bonchev–Trinajstić information content (AvgIpc) is 2.44. The summed E-state index contributed by atoms with van der Waals surface area (Å²) in [4.78, 5) is 11.4. The van der Waals surface area contributed by atoms with Crippen LogP contribution in [0.3, 0.4) is 0 Å². The van der Waals surface area contributed by atoms with E-state index in [0.717, 1.165) is 6.29 Å². The van der Waals surface area contributed by atoms with E-state index in [1.165, 1.54) is 5.57 Å². The molecule has 1 aliphatic carbocycles. The van der Waals surface area contributed by atoms with Crippen LogP contribution in [0.15, 0.2) is 33.7 Å². The van der Waals surface area contributed by atoms with Crippen molar-refractivity contribution in [3.63, 3.8) is 0 Å². The van der Waals surface area contributed by atoms with Crippen molar-refractivity contribution in [3.05, 3.63) is 33.7 Å². The summed E-state index contributed by atoms with van der Waals surface area (Å²) in [6.07, 6.45) is 7.03. The third-order valence-electron chi connectivity index (χ3n) is 2.36. The highest BCUT2D eigenvalue weighted by Gasteiger charge is 2.35. The summed E-state index contributed by atoms with van der Waals surface area (Å²) < 4.78 is 0. The number of fused-ring (bicyclic) bond motifs is 1. The summed E-state index contributed by atoms with van der Waals surface area (Å²) in [5, 5.41) is 1.04. The van der Waals surface area contributed by atoms with Gasteiger partial charge in [-0.25, -0.2) is 0 Å². The van der Waals surface area contributed by atoms with Gasteiger partial charge in [0, 0.05) is 16.2 Å². The van der Waals surface area contributed by atoms with Crippen LogP contribution in [-0.2, 0) is 4.79 Å². The molecule has 0 aromatic carbocycles. The van der Waals surface area contributed by atoms with Crippen molar-refractivity contribution in [2.45, 2.75) is 12.2 Å². The van der Waals surface area contributed by atoms with E-state index in [1.54, 1.807) is 11.8 Å². The molecule has 2 atom stereocenters. The number of allylic oxidation sites excluding steroid dienone is 5. The molecule has 1 nitrogen and oxygen atoms in total. The van der Waals surface area contributed by atoms with Crippen LogP contribution < -0.4 is 0 Å². The maximum atomic E-state index is 10.7. The molecule has 1 aliphatic heterocycles. The molecule has 0 unspecified atom stereocenters. The molecule has 2 aliphatic rings. The summed E-state index contributed by atoms with van der Waals surface area (Å²) in [5.41, 5.74) is 1.24. The topological polar surface area (TPSA) is 17.1 Å². The van der Waals surface area contributed by atoms with E-state index in [-0.39, 0.29) is 5.92 Å². The van der Waals surface area contributed by atoms with Crippen LogP contribution in [0.5, 0.6) is 0 Å². The molecule has 0 saturated carbocycles. The molecule has 3 heteroatoms. The third-order valence-corrected chi connectivity index (χ3v) is 4.18. The van der Waals surface area contributed by atoms with E-state index in [4.69, 9.17) is 11.6 Å². The third kappa shape index (κ3) is 1.38. The molecule has 0 fully saturated rings. The molecule has 0 N–H and O–H groups in total. The van der Waals surface area contributed by atoms with Crippen molar-refractivity contribution >= 4 is 29.6 Å².